The molecule has 0 unspecified atom stereocenters. The van der Waals surface area contributed by atoms with Crippen molar-refractivity contribution in [2.24, 2.45) is 0 Å². The lowest BCUT2D eigenvalue weighted by atomic mass is 10.2. The standard InChI is InChI=1S/C24H22BrNO5S/c1-3-31-24-21(25)16-18(17-22(24)30-2)14-15-23(27)26(19-10-6-4-7-11-19)32(28,29)20-12-8-5-9-13-20/h4-17H,3H2,1-2H3/b15-14+. The molecule has 0 fully saturated rings. The van der Waals surface area contributed by atoms with E-state index >= 15 is 0 Å². The zero-order valence-electron chi connectivity index (χ0n) is 17.6. The van der Waals surface area contributed by atoms with Crippen molar-refractivity contribution in [3.05, 3.63) is 88.9 Å². The molecule has 8 heteroatoms. The molecule has 0 radical (unpaired) electrons. The van der Waals surface area contributed by atoms with Crippen LogP contribution in [0.3, 0.4) is 0 Å². The zero-order valence-corrected chi connectivity index (χ0v) is 20.0. The topological polar surface area (TPSA) is 72.9 Å². The molecule has 0 spiro atoms. The van der Waals surface area contributed by atoms with E-state index in [1.807, 2.05) is 6.92 Å². The summed E-state index contributed by atoms with van der Waals surface area (Å²) in [4.78, 5) is 13.2. The van der Waals surface area contributed by atoms with E-state index in [1.54, 1.807) is 60.7 Å². The third-order valence-corrected chi connectivity index (χ3v) is 6.76. The van der Waals surface area contributed by atoms with Gasteiger partial charge < -0.3 is 9.47 Å². The minimum atomic E-state index is -4.11. The van der Waals surface area contributed by atoms with Crippen molar-refractivity contribution in [3.8, 4) is 11.5 Å². The first-order valence-corrected chi connectivity index (χ1v) is 12.0. The summed E-state index contributed by atoms with van der Waals surface area (Å²) in [6, 6.07) is 19.6. The Morgan fingerprint density at radius 1 is 1.03 bits per heavy atom. The Morgan fingerprint density at radius 3 is 2.25 bits per heavy atom. The van der Waals surface area contributed by atoms with Gasteiger partial charge in [-0.15, -0.1) is 0 Å². The predicted octanol–water partition coefficient (Wildman–Crippen LogP) is 5.29. The quantitative estimate of drug-likeness (QED) is 0.381. The second-order valence-corrected chi connectivity index (χ2v) is 9.20. The molecule has 0 bridgehead atoms. The van der Waals surface area contributed by atoms with E-state index in [4.69, 9.17) is 9.47 Å². The summed E-state index contributed by atoms with van der Waals surface area (Å²) in [5.41, 5.74) is 0.882. The number of nitrogens with zero attached hydrogens (tertiary/aromatic N) is 1. The third-order valence-electron chi connectivity index (χ3n) is 4.43. The fraction of sp³-hybridized carbons (Fsp3) is 0.125. The van der Waals surface area contributed by atoms with Crippen molar-refractivity contribution < 1.29 is 22.7 Å². The first-order valence-electron chi connectivity index (χ1n) is 9.76. The smallest absolute Gasteiger partial charge is 0.271 e. The average molecular weight is 516 g/mol. The van der Waals surface area contributed by atoms with Crippen LogP contribution >= 0.6 is 15.9 Å². The molecular weight excluding hydrogens is 494 g/mol. The largest absolute Gasteiger partial charge is 0.493 e. The van der Waals surface area contributed by atoms with Gasteiger partial charge in [-0.25, -0.2) is 8.42 Å². The van der Waals surface area contributed by atoms with Gasteiger partial charge in [-0.2, -0.15) is 4.31 Å². The number of amides is 1. The SMILES string of the molecule is CCOc1c(Br)cc(/C=C/C(=O)N(c2ccccc2)S(=O)(=O)c2ccccc2)cc1OC. The Balaban J connectivity index is 2.00. The van der Waals surface area contributed by atoms with Crippen LogP contribution in [-0.2, 0) is 14.8 Å². The van der Waals surface area contributed by atoms with Crippen LogP contribution in [0.5, 0.6) is 11.5 Å². The van der Waals surface area contributed by atoms with E-state index in [2.05, 4.69) is 15.9 Å². The number of sulfonamides is 1. The lowest BCUT2D eigenvalue weighted by Gasteiger charge is -2.21. The van der Waals surface area contributed by atoms with E-state index in [1.165, 1.54) is 31.4 Å². The highest BCUT2D eigenvalue weighted by atomic mass is 79.9. The number of carbonyl (C=O) groups excluding carboxylic acids is 1. The van der Waals surface area contributed by atoms with Crippen LogP contribution < -0.4 is 13.8 Å². The van der Waals surface area contributed by atoms with E-state index in [9.17, 15) is 13.2 Å². The van der Waals surface area contributed by atoms with Gasteiger partial charge in [0.05, 0.1) is 28.8 Å². The first-order chi connectivity index (χ1) is 15.4. The molecule has 3 aromatic carbocycles. The average Bonchev–Trinajstić information content (AvgIpc) is 2.80. The number of para-hydroxylation sites is 1. The maximum Gasteiger partial charge on any atom is 0.271 e. The number of ether oxygens (including phenoxy) is 2. The van der Waals surface area contributed by atoms with Crippen LogP contribution in [-0.4, -0.2) is 28.0 Å². The second-order valence-electron chi connectivity index (χ2n) is 6.56. The maximum atomic E-state index is 13.3. The Kier molecular flexibility index (Phi) is 7.71. The normalized spacial score (nSPS) is 11.3. The summed E-state index contributed by atoms with van der Waals surface area (Å²) in [6.45, 7) is 2.33. The Hall–Kier alpha value is -3.10. The fourth-order valence-electron chi connectivity index (χ4n) is 3.00. The van der Waals surface area contributed by atoms with Crippen molar-refractivity contribution in [1.82, 2.24) is 0 Å². The number of hydrogen-bond donors (Lipinski definition) is 0. The lowest BCUT2D eigenvalue weighted by Crippen LogP contribution is -2.35. The molecule has 0 aliphatic carbocycles. The summed E-state index contributed by atoms with van der Waals surface area (Å²) >= 11 is 3.44. The number of methoxy groups -OCH3 is 1. The number of rotatable bonds is 8. The van der Waals surface area contributed by atoms with Crippen molar-refractivity contribution in [1.29, 1.82) is 0 Å². The maximum absolute atomic E-state index is 13.3. The fourth-order valence-corrected chi connectivity index (χ4v) is 4.98. The summed E-state index contributed by atoms with van der Waals surface area (Å²) in [5, 5.41) is 0. The van der Waals surface area contributed by atoms with Crippen LogP contribution in [0.2, 0.25) is 0 Å². The number of anilines is 1. The molecule has 1 amide bonds. The van der Waals surface area contributed by atoms with Crippen molar-refractivity contribution in [3.63, 3.8) is 0 Å². The number of carbonyl (C=O) groups is 1. The van der Waals surface area contributed by atoms with Gasteiger partial charge in [0.15, 0.2) is 11.5 Å². The molecule has 0 atom stereocenters. The Labute approximate surface area is 196 Å². The van der Waals surface area contributed by atoms with Gasteiger partial charge in [-0.05, 0) is 70.9 Å². The second kappa shape index (κ2) is 10.5. The predicted molar refractivity (Wildman–Crippen MR) is 128 cm³/mol. The Bertz CT molecular complexity index is 1210. The number of benzene rings is 3. The highest BCUT2D eigenvalue weighted by Crippen LogP contribution is 2.37. The molecule has 0 N–H and O–H groups in total. The number of hydrogen-bond acceptors (Lipinski definition) is 5. The van der Waals surface area contributed by atoms with Crippen LogP contribution in [0.1, 0.15) is 12.5 Å². The minimum absolute atomic E-state index is 0.0242. The minimum Gasteiger partial charge on any atom is -0.493 e. The molecule has 0 aliphatic heterocycles. The summed E-state index contributed by atoms with van der Waals surface area (Å²) in [7, 11) is -2.59. The van der Waals surface area contributed by atoms with Crippen LogP contribution in [0.15, 0.2) is 88.2 Å². The first kappa shape index (κ1) is 23.6. The molecule has 0 saturated heterocycles. The molecule has 3 rings (SSSR count). The van der Waals surface area contributed by atoms with Gasteiger partial charge in [0.2, 0.25) is 0 Å². The van der Waals surface area contributed by atoms with E-state index in [0.717, 1.165) is 4.31 Å². The van der Waals surface area contributed by atoms with E-state index < -0.39 is 15.9 Å². The highest BCUT2D eigenvalue weighted by molar-refractivity contribution is 9.10. The highest BCUT2D eigenvalue weighted by Gasteiger charge is 2.29. The molecule has 0 saturated carbocycles. The van der Waals surface area contributed by atoms with E-state index in [-0.39, 0.29) is 10.6 Å². The summed E-state index contributed by atoms with van der Waals surface area (Å²) in [6.07, 6.45) is 2.75. The van der Waals surface area contributed by atoms with Gasteiger partial charge in [-0.1, -0.05) is 36.4 Å². The monoisotopic (exact) mass is 515 g/mol. The summed E-state index contributed by atoms with van der Waals surface area (Å²) in [5.74, 6) is 0.338. The molecule has 0 aliphatic rings. The van der Waals surface area contributed by atoms with Crippen molar-refractivity contribution in [2.75, 3.05) is 18.0 Å². The van der Waals surface area contributed by atoms with Crippen LogP contribution in [0, 0.1) is 0 Å². The van der Waals surface area contributed by atoms with Gasteiger partial charge in [0.25, 0.3) is 15.9 Å². The molecule has 0 aromatic heterocycles. The van der Waals surface area contributed by atoms with E-state index in [0.29, 0.717) is 28.1 Å². The zero-order chi connectivity index (χ0) is 23.1. The Morgan fingerprint density at radius 2 is 1.66 bits per heavy atom. The lowest BCUT2D eigenvalue weighted by molar-refractivity contribution is -0.113. The molecule has 166 valence electrons. The van der Waals surface area contributed by atoms with Gasteiger partial charge >= 0.3 is 0 Å². The van der Waals surface area contributed by atoms with Crippen molar-refractivity contribution in [2.45, 2.75) is 11.8 Å². The molecule has 32 heavy (non-hydrogen) atoms. The van der Waals surface area contributed by atoms with Crippen LogP contribution in [0.4, 0.5) is 5.69 Å². The molecule has 6 nitrogen and oxygen atoms in total. The third kappa shape index (κ3) is 5.20. The van der Waals surface area contributed by atoms with Crippen LogP contribution in [0.25, 0.3) is 6.08 Å². The molecular formula is C24H22BrNO5S. The summed E-state index contributed by atoms with van der Waals surface area (Å²) < 4.78 is 39.0. The van der Waals surface area contributed by atoms with Gasteiger partial charge in [0.1, 0.15) is 0 Å². The van der Waals surface area contributed by atoms with Crippen molar-refractivity contribution >= 4 is 43.6 Å². The molecule has 0 heterocycles. The van der Waals surface area contributed by atoms with Gasteiger partial charge in [-0.3, -0.25) is 4.79 Å². The van der Waals surface area contributed by atoms with Gasteiger partial charge in [0, 0.05) is 6.08 Å². The number of halogens is 1. The molecule has 3 aromatic rings.